The van der Waals surface area contributed by atoms with Gasteiger partial charge < -0.3 is 14.7 Å². The lowest BCUT2D eigenvalue weighted by Gasteiger charge is -2.27. The van der Waals surface area contributed by atoms with Crippen LogP contribution in [0.2, 0.25) is 0 Å². The predicted molar refractivity (Wildman–Crippen MR) is 87.2 cm³/mol. The quantitative estimate of drug-likeness (QED) is 0.891. The minimum atomic E-state index is -0.229. The van der Waals surface area contributed by atoms with Crippen molar-refractivity contribution < 1.29 is 9.32 Å². The van der Waals surface area contributed by atoms with Crippen LogP contribution < -0.4 is 10.2 Å². The van der Waals surface area contributed by atoms with Gasteiger partial charge in [-0.25, -0.2) is 0 Å². The van der Waals surface area contributed by atoms with Crippen molar-refractivity contribution in [2.75, 3.05) is 18.5 Å². The van der Waals surface area contributed by atoms with Crippen LogP contribution in [0.5, 0.6) is 0 Å². The SMILES string of the molecule is CC(C)c1cc(C(=O)NC[C@@H](C)N(C)c2ccccc2)on1. The van der Waals surface area contributed by atoms with Crippen molar-refractivity contribution in [1.82, 2.24) is 10.5 Å². The van der Waals surface area contributed by atoms with Gasteiger partial charge in [0, 0.05) is 31.4 Å². The zero-order valence-electron chi connectivity index (χ0n) is 13.5. The first-order valence-corrected chi connectivity index (χ1v) is 7.51. The van der Waals surface area contributed by atoms with Crippen LogP contribution in [-0.2, 0) is 0 Å². The number of likely N-dealkylation sites (N-methyl/N-ethyl adjacent to an activating group) is 1. The van der Waals surface area contributed by atoms with E-state index in [1.54, 1.807) is 6.07 Å². The first kappa shape index (κ1) is 16.1. The van der Waals surface area contributed by atoms with Gasteiger partial charge in [-0.2, -0.15) is 0 Å². The minimum Gasteiger partial charge on any atom is -0.370 e. The van der Waals surface area contributed by atoms with Gasteiger partial charge in [0.15, 0.2) is 0 Å². The Balaban J connectivity index is 1.90. The number of para-hydroxylation sites is 1. The highest BCUT2D eigenvalue weighted by Crippen LogP contribution is 2.15. The molecule has 1 aromatic heterocycles. The van der Waals surface area contributed by atoms with Gasteiger partial charge in [0.2, 0.25) is 5.76 Å². The molecule has 0 bridgehead atoms. The lowest BCUT2D eigenvalue weighted by atomic mass is 10.1. The van der Waals surface area contributed by atoms with Crippen molar-refractivity contribution in [3.8, 4) is 0 Å². The van der Waals surface area contributed by atoms with E-state index in [-0.39, 0.29) is 23.6 Å². The van der Waals surface area contributed by atoms with Gasteiger partial charge in [0.25, 0.3) is 5.91 Å². The molecule has 2 aromatic rings. The Kier molecular flexibility index (Phi) is 5.20. The van der Waals surface area contributed by atoms with E-state index >= 15 is 0 Å². The van der Waals surface area contributed by atoms with E-state index < -0.39 is 0 Å². The second kappa shape index (κ2) is 7.11. The van der Waals surface area contributed by atoms with Gasteiger partial charge in [0.1, 0.15) is 0 Å². The molecule has 0 radical (unpaired) electrons. The van der Waals surface area contributed by atoms with Gasteiger partial charge >= 0.3 is 0 Å². The molecule has 0 fully saturated rings. The number of carbonyl (C=O) groups is 1. The normalized spacial score (nSPS) is 12.2. The van der Waals surface area contributed by atoms with E-state index in [9.17, 15) is 4.79 Å². The van der Waals surface area contributed by atoms with Gasteiger partial charge in [-0.15, -0.1) is 0 Å². The van der Waals surface area contributed by atoms with Crippen LogP contribution in [0.4, 0.5) is 5.69 Å². The average Bonchev–Trinajstić information content (AvgIpc) is 3.02. The minimum absolute atomic E-state index is 0.166. The zero-order chi connectivity index (χ0) is 16.1. The summed E-state index contributed by atoms with van der Waals surface area (Å²) < 4.78 is 5.09. The molecule has 0 saturated heterocycles. The smallest absolute Gasteiger partial charge is 0.289 e. The molecular formula is C17H23N3O2. The summed E-state index contributed by atoms with van der Waals surface area (Å²) in [6.07, 6.45) is 0. The number of nitrogens with zero attached hydrogens (tertiary/aromatic N) is 2. The molecule has 1 atom stereocenters. The maximum Gasteiger partial charge on any atom is 0.289 e. The fraction of sp³-hybridized carbons (Fsp3) is 0.412. The first-order valence-electron chi connectivity index (χ1n) is 7.51. The fourth-order valence-corrected chi connectivity index (χ4v) is 2.05. The predicted octanol–water partition coefficient (Wildman–Crippen LogP) is 3.05. The Hall–Kier alpha value is -2.30. The van der Waals surface area contributed by atoms with Gasteiger partial charge in [-0.05, 0) is 25.0 Å². The number of hydrogen-bond donors (Lipinski definition) is 1. The van der Waals surface area contributed by atoms with Gasteiger partial charge in [-0.1, -0.05) is 37.2 Å². The second-order valence-electron chi connectivity index (χ2n) is 5.78. The van der Waals surface area contributed by atoms with Crippen molar-refractivity contribution in [2.24, 2.45) is 0 Å². The summed E-state index contributed by atoms with van der Waals surface area (Å²) in [7, 11) is 2.01. The molecule has 0 aliphatic heterocycles. The van der Waals surface area contributed by atoms with Gasteiger partial charge in [0.05, 0.1) is 5.69 Å². The van der Waals surface area contributed by atoms with Crippen LogP contribution in [0.15, 0.2) is 40.9 Å². The third-order valence-corrected chi connectivity index (χ3v) is 3.73. The summed E-state index contributed by atoms with van der Waals surface area (Å²) in [5.41, 5.74) is 1.91. The average molecular weight is 301 g/mol. The molecular weight excluding hydrogens is 278 g/mol. The molecule has 0 spiro atoms. The van der Waals surface area contributed by atoms with Crippen LogP contribution >= 0.6 is 0 Å². The molecule has 5 heteroatoms. The molecule has 1 heterocycles. The van der Waals surface area contributed by atoms with E-state index in [4.69, 9.17) is 4.52 Å². The molecule has 22 heavy (non-hydrogen) atoms. The second-order valence-corrected chi connectivity index (χ2v) is 5.78. The topological polar surface area (TPSA) is 58.4 Å². The highest BCUT2D eigenvalue weighted by molar-refractivity contribution is 5.91. The van der Waals surface area contributed by atoms with Crippen molar-refractivity contribution in [3.05, 3.63) is 47.9 Å². The zero-order valence-corrected chi connectivity index (χ0v) is 13.5. The summed E-state index contributed by atoms with van der Waals surface area (Å²) in [5.74, 6) is 0.277. The molecule has 0 aliphatic rings. The lowest BCUT2D eigenvalue weighted by molar-refractivity contribution is 0.0914. The summed E-state index contributed by atoms with van der Waals surface area (Å²) in [6.45, 7) is 6.61. The van der Waals surface area contributed by atoms with Crippen molar-refractivity contribution >= 4 is 11.6 Å². The van der Waals surface area contributed by atoms with Crippen molar-refractivity contribution in [2.45, 2.75) is 32.7 Å². The molecule has 1 aromatic carbocycles. The molecule has 0 unspecified atom stereocenters. The number of aromatic nitrogens is 1. The Morgan fingerprint density at radius 1 is 1.27 bits per heavy atom. The number of amides is 1. The standard InChI is InChI=1S/C17H23N3O2/c1-12(2)15-10-16(22-19-15)17(21)18-11-13(3)20(4)14-8-6-5-7-9-14/h5-10,12-13H,11H2,1-4H3,(H,18,21)/t13-/m1/s1. The number of benzene rings is 1. The number of hydrogen-bond acceptors (Lipinski definition) is 4. The summed E-state index contributed by atoms with van der Waals surface area (Å²) in [6, 6.07) is 11.9. The van der Waals surface area contributed by atoms with Crippen LogP contribution in [0.25, 0.3) is 0 Å². The maximum absolute atomic E-state index is 12.1. The maximum atomic E-state index is 12.1. The molecule has 0 aliphatic carbocycles. The summed E-state index contributed by atoms with van der Waals surface area (Å²) >= 11 is 0. The number of nitrogens with one attached hydrogen (secondary N) is 1. The van der Waals surface area contributed by atoms with Crippen LogP contribution in [0.1, 0.15) is 42.9 Å². The molecule has 1 N–H and O–H groups in total. The Morgan fingerprint density at radius 2 is 1.95 bits per heavy atom. The van der Waals surface area contributed by atoms with Crippen LogP contribution in [-0.4, -0.2) is 30.7 Å². The number of rotatable bonds is 6. The van der Waals surface area contributed by atoms with Crippen molar-refractivity contribution in [3.63, 3.8) is 0 Å². The van der Waals surface area contributed by atoms with E-state index in [1.807, 2.05) is 51.2 Å². The summed E-state index contributed by atoms with van der Waals surface area (Å²) in [4.78, 5) is 14.2. The first-order chi connectivity index (χ1) is 10.5. The number of carbonyl (C=O) groups excluding carboxylic acids is 1. The van der Waals surface area contributed by atoms with E-state index in [1.165, 1.54) is 0 Å². The van der Waals surface area contributed by atoms with E-state index in [0.29, 0.717) is 6.54 Å². The monoisotopic (exact) mass is 301 g/mol. The van der Waals surface area contributed by atoms with E-state index in [0.717, 1.165) is 11.4 Å². The lowest BCUT2D eigenvalue weighted by Crippen LogP contribution is -2.40. The molecule has 1 amide bonds. The molecule has 118 valence electrons. The van der Waals surface area contributed by atoms with Gasteiger partial charge in [-0.3, -0.25) is 4.79 Å². The molecule has 2 rings (SSSR count). The molecule has 0 saturated carbocycles. The third-order valence-electron chi connectivity index (χ3n) is 3.73. The number of anilines is 1. The van der Waals surface area contributed by atoms with E-state index in [2.05, 4.69) is 22.3 Å². The highest BCUT2D eigenvalue weighted by atomic mass is 16.5. The third kappa shape index (κ3) is 3.87. The van der Waals surface area contributed by atoms with Crippen molar-refractivity contribution in [1.29, 1.82) is 0 Å². The Labute approximate surface area is 131 Å². The highest BCUT2D eigenvalue weighted by Gasteiger charge is 2.16. The van der Waals surface area contributed by atoms with Crippen LogP contribution in [0.3, 0.4) is 0 Å². The Morgan fingerprint density at radius 3 is 2.55 bits per heavy atom. The fourth-order valence-electron chi connectivity index (χ4n) is 2.05. The molecule has 5 nitrogen and oxygen atoms in total. The van der Waals surface area contributed by atoms with Crippen LogP contribution in [0, 0.1) is 0 Å². The Bertz CT molecular complexity index is 607. The largest absolute Gasteiger partial charge is 0.370 e. The summed E-state index contributed by atoms with van der Waals surface area (Å²) in [5, 5.41) is 6.79.